The average molecular weight is 314 g/mol. The van der Waals surface area contributed by atoms with E-state index in [1.807, 2.05) is 0 Å². The minimum atomic E-state index is -4.58. The van der Waals surface area contributed by atoms with E-state index >= 15 is 0 Å². The second-order valence-corrected chi connectivity index (χ2v) is 4.11. The van der Waals surface area contributed by atoms with E-state index in [1.165, 1.54) is 0 Å². The van der Waals surface area contributed by atoms with Gasteiger partial charge in [-0.05, 0) is 17.7 Å². The van der Waals surface area contributed by atoms with E-state index in [1.54, 1.807) is 0 Å². The predicted molar refractivity (Wildman–Crippen MR) is 66.0 cm³/mol. The molecule has 0 aromatic heterocycles. The van der Waals surface area contributed by atoms with Crippen LogP contribution in [0.2, 0.25) is 0 Å². The summed E-state index contributed by atoms with van der Waals surface area (Å²) in [6.45, 7) is 0. The highest BCUT2D eigenvalue weighted by atomic mass is 19.4. The predicted octanol–water partition coefficient (Wildman–Crippen LogP) is 1.52. The van der Waals surface area contributed by atoms with Gasteiger partial charge in [0.05, 0.1) is 5.56 Å². The van der Waals surface area contributed by atoms with Gasteiger partial charge in [0.15, 0.2) is 31.2 Å². The Balaban J connectivity index is 3.25. The van der Waals surface area contributed by atoms with Crippen LogP contribution in [0.3, 0.4) is 0 Å². The molecule has 0 spiro atoms. The molecule has 0 N–H and O–H groups in total. The molecule has 0 unspecified atom stereocenters. The van der Waals surface area contributed by atoms with E-state index in [9.17, 15) is 32.3 Å². The van der Waals surface area contributed by atoms with Crippen LogP contribution in [-0.4, -0.2) is 31.2 Å². The zero-order chi connectivity index (χ0) is 16.8. The number of azo groups is 1. The molecule has 0 atom stereocenters. The fraction of sp³-hybridized carbons (Fsp3) is 0.231. The molecule has 22 heavy (non-hydrogen) atoms. The molecule has 0 amide bonds. The second-order valence-electron chi connectivity index (χ2n) is 4.11. The Morgan fingerprint density at radius 3 is 1.68 bits per heavy atom. The van der Waals surface area contributed by atoms with Crippen LogP contribution >= 0.6 is 0 Å². The van der Waals surface area contributed by atoms with Gasteiger partial charge in [0.1, 0.15) is 0 Å². The van der Waals surface area contributed by atoms with E-state index in [0.29, 0.717) is 12.1 Å². The van der Waals surface area contributed by atoms with Crippen molar-refractivity contribution in [1.29, 1.82) is 0 Å². The summed E-state index contributed by atoms with van der Waals surface area (Å²) in [7, 11) is 0. The molecule has 6 nitrogen and oxygen atoms in total. The first-order valence-corrected chi connectivity index (χ1v) is 5.76. The van der Waals surface area contributed by atoms with Gasteiger partial charge < -0.3 is 9.59 Å². The lowest BCUT2D eigenvalue weighted by atomic mass is 9.93. The van der Waals surface area contributed by atoms with Crippen LogP contribution in [0.1, 0.15) is 11.1 Å². The Bertz CT molecular complexity index is 580. The molecule has 9 heteroatoms. The maximum atomic E-state index is 12.5. The van der Waals surface area contributed by atoms with Crippen molar-refractivity contribution in [3.8, 4) is 0 Å². The standard InChI is InChI=1S/C13H9F3N2O4/c14-13(15,16)10-3-1-9(2-4-10)12(7-21,8-22)18-17-11(5-19)6-20/h1-8,11H. The van der Waals surface area contributed by atoms with Crippen LogP contribution in [0, 0.1) is 0 Å². The summed E-state index contributed by atoms with van der Waals surface area (Å²) < 4.78 is 37.4. The van der Waals surface area contributed by atoms with Crippen molar-refractivity contribution in [1.82, 2.24) is 0 Å². The topological polar surface area (TPSA) is 93.0 Å². The van der Waals surface area contributed by atoms with Gasteiger partial charge in [-0.15, -0.1) is 0 Å². The maximum Gasteiger partial charge on any atom is 0.416 e. The van der Waals surface area contributed by atoms with Crippen LogP contribution in [0.25, 0.3) is 0 Å². The first-order valence-electron chi connectivity index (χ1n) is 5.76. The fourth-order valence-electron chi connectivity index (χ4n) is 1.44. The number of rotatable bonds is 7. The lowest BCUT2D eigenvalue weighted by Crippen LogP contribution is -2.28. The number of nitrogens with zero attached hydrogens (tertiary/aromatic N) is 2. The van der Waals surface area contributed by atoms with E-state index in [4.69, 9.17) is 0 Å². The van der Waals surface area contributed by atoms with Gasteiger partial charge in [-0.25, -0.2) is 0 Å². The minimum absolute atomic E-state index is 0.0543. The Labute approximate surface area is 122 Å². The highest BCUT2D eigenvalue weighted by Gasteiger charge is 2.35. The third kappa shape index (κ3) is 3.68. The van der Waals surface area contributed by atoms with Crippen molar-refractivity contribution in [2.45, 2.75) is 17.8 Å². The van der Waals surface area contributed by atoms with Crippen LogP contribution in [-0.2, 0) is 30.9 Å². The molecule has 0 radical (unpaired) electrons. The molecule has 0 aliphatic heterocycles. The first kappa shape index (κ1) is 17.3. The molecule has 0 saturated carbocycles. The molecule has 1 aromatic carbocycles. The summed E-state index contributed by atoms with van der Waals surface area (Å²) in [5, 5.41) is 6.57. The van der Waals surface area contributed by atoms with Gasteiger partial charge in [-0.1, -0.05) is 12.1 Å². The molecule has 116 valence electrons. The number of halogens is 3. The van der Waals surface area contributed by atoms with E-state index in [0.717, 1.165) is 12.1 Å². The Morgan fingerprint density at radius 2 is 1.32 bits per heavy atom. The van der Waals surface area contributed by atoms with Gasteiger partial charge in [-0.3, -0.25) is 9.59 Å². The Morgan fingerprint density at radius 1 is 0.864 bits per heavy atom. The van der Waals surface area contributed by atoms with Crippen LogP contribution < -0.4 is 0 Å². The Hall–Kier alpha value is -2.71. The third-order valence-electron chi connectivity index (χ3n) is 2.67. The number of aldehydes is 4. The Kier molecular flexibility index (Phi) is 5.39. The summed E-state index contributed by atoms with van der Waals surface area (Å²) >= 11 is 0. The average Bonchev–Trinajstić information content (AvgIpc) is 2.52. The summed E-state index contributed by atoms with van der Waals surface area (Å²) in [5.74, 6) is 0. The molecular formula is C13H9F3N2O4. The number of carbonyl (C=O) groups excluding carboxylic acids is 4. The van der Waals surface area contributed by atoms with Crippen molar-refractivity contribution in [2.24, 2.45) is 10.2 Å². The zero-order valence-corrected chi connectivity index (χ0v) is 10.9. The molecule has 0 bridgehead atoms. The first-order chi connectivity index (χ1) is 10.3. The van der Waals surface area contributed by atoms with E-state index in [-0.39, 0.29) is 30.7 Å². The summed E-state index contributed by atoms with van der Waals surface area (Å²) in [5.41, 5.74) is -3.36. The number of carbonyl (C=O) groups is 4. The third-order valence-corrected chi connectivity index (χ3v) is 2.67. The largest absolute Gasteiger partial charge is 0.416 e. The molecule has 0 aliphatic carbocycles. The van der Waals surface area contributed by atoms with Crippen LogP contribution in [0.5, 0.6) is 0 Å². The number of hydrogen-bond donors (Lipinski definition) is 0. The van der Waals surface area contributed by atoms with E-state index in [2.05, 4.69) is 10.2 Å². The van der Waals surface area contributed by atoms with Crippen molar-refractivity contribution in [3.05, 3.63) is 35.4 Å². The quantitative estimate of drug-likeness (QED) is 0.433. The number of hydrogen-bond acceptors (Lipinski definition) is 6. The molecule has 1 aromatic rings. The van der Waals surface area contributed by atoms with Crippen molar-refractivity contribution < 1.29 is 32.3 Å². The smallest absolute Gasteiger partial charge is 0.300 e. The van der Waals surface area contributed by atoms with Crippen molar-refractivity contribution >= 4 is 25.1 Å². The van der Waals surface area contributed by atoms with Gasteiger partial charge in [0.25, 0.3) is 0 Å². The SMILES string of the molecule is O=CC(C=O)N=NC(C=O)(C=O)c1ccc(C(F)(F)F)cc1. The molecule has 0 saturated heterocycles. The van der Waals surface area contributed by atoms with Gasteiger partial charge in [-0.2, -0.15) is 23.4 Å². The van der Waals surface area contributed by atoms with Gasteiger partial charge >= 0.3 is 6.18 Å². The van der Waals surface area contributed by atoms with E-state index < -0.39 is 23.3 Å². The molecule has 0 fully saturated rings. The van der Waals surface area contributed by atoms with Gasteiger partial charge in [0, 0.05) is 0 Å². The molecular weight excluding hydrogens is 305 g/mol. The normalized spacial score (nSPS) is 12.4. The number of alkyl halides is 3. The zero-order valence-electron chi connectivity index (χ0n) is 10.9. The highest BCUT2D eigenvalue weighted by molar-refractivity contribution is 5.91. The monoisotopic (exact) mass is 314 g/mol. The van der Waals surface area contributed by atoms with Crippen LogP contribution in [0.15, 0.2) is 34.5 Å². The fourth-order valence-corrected chi connectivity index (χ4v) is 1.44. The second kappa shape index (κ2) is 6.83. The highest BCUT2D eigenvalue weighted by Crippen LogP contribution is 2.31. The molecule has 0 heterocycles. The van der Waals surface area contributed by atoms with Gasteiger partial charge in [0.2, 0.25) is 5.54 Å². The molecule has 0 aliphatic rings. The van der Waals surface area contributed by atoms with Crippen molar-refractivity contribution in [2.75, 3.05) is 0 Å². The number of benzene rings is 1. The maximum absolute atomic E-state index is 12.5. The lowest BCUT2D eigenvalue weighted by Gasteiger charge is -2.16. The summed E-state index contributed by atoms with van der Waals surface area (Å²) in [6, 6.07) is 1.62. The summed E-state index contributed by atoms with van der Waals surface area (Å²) in [4.78, 5) is 43.2. The van der Waals surface area contributed by atoms with Crippen LogP contribution in [0.4, 0.5) is 13.2 Å². The van der Waals surface area contributed by atoms with Crippen molar-refractivity contribution in [3.63, 3.8) is 0 Å². The molecule has 1 rings (SSSR count). The minimum Gasteiger partial charge on any atom is -0.300 e. The lowest BCUT2D eigenvalue weighted by molar-refractivity contribution is -0.137. The summed E-state index contributed by atoms with van der Waals surface area (Å²) in [6.07, 6.45) is -4.21.